The first kappa shape index (κ1) is 17.6. The number of rotatable bonds is 4. The minimum Gasteiger partial charge on any atom is -0.320 e. The van der Waals surface area contributed by atoms with Crippen molar-refractivity contribution in [2.75, 3.05) is 5.32 Å². The van der Waals surface area contributed by atoms with Crippen LogP contribution >= 0.6 is 23.1 Å². The summed E-state index contributed by atoms with van der Waals surface area (Å²) in [4.78, 5) is 27.5. The van der Waals surface area contributed by atoms with Crippen molar-refractivity contribution in [3.63, 3.8) is 0 Å². The number of hydrogen-bond acceptors (Lipinski definition) is 4. The Labute approximate surface area is 164 Å². The molecular weight excluding hydrogens is 378 g/mol. The Hall–Kier alpha value is -2.77. The third-order valence-corrected chi connectivity index (χ3v) is 6.27. The van der Waals surface area contributed by atoms with E-state index >= 15 is 0 Å². The fraction of sp³-hybridized carbons (Fsp3) is 0.100. The Morgan fingerprint density at radius 2 is 1.70 bits per heavy atom. The lowest BCUT2D eigenvalue weighted by molar-refractivity contribution is 0.103. The van der Waals surface area contributed by atoms with Gasteiger partial charge in [0.1, 0.15) is 0 Å². The summed E-state index contributed by atoms with van der Waals surface area (Å²) in [7, 11) is 3.49. The molecule has 0 aliphatic heterocycles. The number of nitrogens with zero attached hydrogens (tertiary/aromatic N) is 2. The van der Waals surface area contributed by atoms with E-state index in [-0.39, 0.29) is 11.6 Å². The topological polar surface area (TPSA) is 56.0 Å². The summed E-state index contributed by atoms with van der Waals surface area (Å²) in [5.41, 5.74) is 2.20. The van der Waals surface area contributed by atoms with Gasteiger partial charge in [-0.1, -0.05) is 36.0 Å². The largest absolute Gasteiger partial charge is 0.328 e. The van der Waals surface area contributed by atoms with E-state index in [0.717, 1.165) is 20.8 Å². The molecule has 1 amide bonds. The Morgan fingerprint density at radius 3 is 2.37 bits per heavy atom. The number of aryl methyl sites for hydroxylation is 2. The van der Waals surface area contributed by atoms with Gasteiger partial charge in [0.15, 0.2) is 0 Å². The van der Waals surface area contributed by atoms with Crippen molar-refractivity contribution >= 4 is 45.7 Å². The molecule has 0 aliphatic carbocycles. The molecule has 0 radical (unpaired) electrons. The van der Waals surface area contributed by atoms with Gasteiger partial charge in [0.05, 0.1) is 21.6 Å². The molecule has 1 N–H and O–H groups in total. The summed E-state index contributed by atoms with van der Waals surface area (Å²) in [6.07, 6.45) is 0. The Balaban J connectivity index is 1.83. The van der Waals surface area contributed by atoms with Crippen LogP contribution in [0, 0.1) is 0 Å². The van der Waals surface area contributed by atoms with Crippen LogP contribution in [-0.2, 0) is 14.1 Å². The lowest BCUT2D eigenvalue weighted by atomic mass is 10.2. The standard InChI is InChI=1S/C20H17N3O2S2/c1-22-15-11-14(21-19(24)17-9-6-10-26-17)18(12-16(15)23(2)20(22)25)27-13-7-4-3-5-8-13/h3-12H,1-2H3,(H,21,24). The normalized spacial score (nSPS) is 11.0. The number of anilines is 1. The summed E-state index contributed by atoms with van der Waals surface area (Å²) >= 11 is 2.95. The number of hydrogen-bond donors (Lipinski definition) is 1. The number of thiophene rings is 1. The average Bonchev–Trinajstić information content (AvgIpc) is 3.28. The molecule has 0 saturated carbocycles. The van der Waals surface area contributed by atoms with Crippen molar-refractivity contribution < 1.29 is 4.79 Å². The van der Waals surface area contributed by atoms with E-state index in [4.69, 9.17) is 0 Å². The number of carbonyl (C=O) groups is 1. The lowest BCUT2D eigenvalue weighted by Gasteiger charge is -2.12. The van der Waals surface area contributed by atoms with Gasteiger partial charge in [-0.15, -0.1) is 11.3 Å². The molecule has 4 rings (SSSR count). The van der Waals surface area contributed by atoms with Gasteiger partial charge in [0.25, 0.3) is 5.91 Å². The maximum atomic E-state index is 12.6. The SMILES string of the molecule is Cn1c(=O)n(C)c2cc(Sc3ccccc3)c(NC(=O)c3cccs3)cc21. The van der Waals surface area contributed by atoms with E-state index in [0.29, 0.717) is 10.6 Å². The summed E-state index contributed by atoms with van der Waals surface area (Å²) in [6, 6.07) is 17.4. The Kier molecular flexibility index (Phi) is 4.63. The first-order chi connectivity index (χ1) is 13.0. The summed E-state index contributed by atoms with van der Waals surface area (Å²) in [5.74, 6) is -0.153. The van der Waals surface area contributed by atoms with Crippen LogP contribution in [0.5, 0.6) is 0 Å². The molecule has 0 fully saturated rings. The molecule has 4 aromatic rings. The van der Waals surface area contributed by atoms with Crippen molar-refractivity contribution in [3.8, 4) is 0 Å². The number of imidazole rings is 1. The molecule has 2 aromatic heterocycles. The van der Waals surface area contributed by atoms with Crippen molar-refractivity contribution in [3.05, 3.63) is 75.3 Å². The van der Waals surface area contributed by atoms with Crippen molar-refractivity contribution in [2.45, 2.75) is 9.79 Å². The van der Waals surface area contributed by atoms with Crippen LogP contribution in [0.3, 0.4) is 0 Å². The zero-order chi connectivity index (χ0) is 19.0. The van der Waals surface area contributed by atoms with Gasteiger partial charge in [0, 0.05) is 23.9 Å². The number of carbonyl (C=O) groups excluding carboxylic acids is 1. The van der Waals surface area contributed by atoms with Gasteiger partial charge in [-0.05, 0) is 35.7 Å². The second kappa shape index (κ2) is 7.09. The fourth-order valence-electron chi connectivity index (χ4n) is 2.92. The minimum absolute atomic E-state index is 0.0950. The van der Waals surface area contributed by atoms with Gasteiger partial charge in [0.2, 0.25) is 0 Å². The van der Waals surface area contributed by atoms with E-state index in [2.05, 4.69) is 5.32 Å². The van der Waals surface area contributed by atoms with Gasteiger partial charge in [-0.3, -0.25) is 13.9 Å². The summed E-state index contributed by atoms with van der Waals surface area (Å²) in [5, 5.41) is 4.88. The average molecular weight is 396 g/mol. The summed E-state index contributed by atoms with van der Waals surface area (Å²) < 4.78 is 3.21. The van der Waals surface area contributed by atoms with Crippen LogP contribution < -0.4 is 11.0 Å². The molecule has 2 heterocycles. The van der Waals surface area contributed by atoms with Crippen molar-refractivity contribution in [2.24, 2.45) is 14.1 Å². The van der Waals surface area contributed by atoms with E-state index in [1.54, 1.807) is 41.1 Å². The van der Waals surface area contributed by atoms with Gasteiger partial charge in [-0.2, -0.15) is 0 Å². The van der Waals surface area contributed by atoms with Crippen molar-refractivity contribution in [1.29, 1.82) is 0 Å². The molecule has 0 bridgehead atoms. The molecular formula is C20H17N3O2S2. The minimum atomic E-state index is -0.153. The monoisotopic (exact) mass is 395 g/mol. The molecule has 27 heavy (non-hydrogen) atoms. The fourth-order valence-corrected chi connectivity index (χ4v) is 4.47. The molecule has 7 heteroatoms. The molecule has 0 atom stereocenters. The molecule has 136 valence electrons. The molecule has 0 saturated heterocycles. The zero-order valence-corrected chi connectivity index (χ0v) is 16.4. The number of fused-ring (bicyclic) bond motifs is 1. The van der Waals surface area contributed by atoms with Gasteiger partial charge in [-0.25, -0.2) is 4.79 Å². The molecule has 5 nitrogen and oxygen atoms in total. The van der Waals surface area contributed by atoms with E-state index in [1.165, 1.54) is 11.3 Å². The third kappa shape index (κ3) is 3.31. The Morgan fingerprint density at radius 1 is 1.00 bits per heavy atom. The highest BCUT2D eigenvalue weighted by atomic mass is 32.2. The van der Waals surface area contributed by atoms with Crippen LogP contribution in [-0.4, -0.2) is 15.0 Å². The van der Waals surface area contributed by atoms with E-state index in [1.807, 2.05) is 53.9 Å². The smallest absolute Gasteiger partial charge is 0.320 e. The second-order valence-electron chi connectivity index (χ2n) is 6.08. The number of aromatic nitrogens is 2. The predicted octanol–water partition coefficient (Wildman–Crippen LogP) is 4.34. The highest BCUT2D eigenvalue weighted by molar-refractivity contribution is 7.99. The lowest BCUT2D eigenvalue weighted by Crippen LogP contribution is -2.19. The van der Waals surface area contributed by atoms with E-state index in [9.17, 15) is 9.59 Å². The van der Waals surface area contributed by atoms with E-state index < -0.39 is 0 Å². The Bertz CT molecular complexity index is 1180. The van der Waals surface area contributed by atoms with Crippen LogP contribution in [0.1, 0.15) is 9.67 Å². The quantitative estimate of drug-likeness (QED) is 0.559. The van der Waals surface area contributed by atoms with Gasteiger partial charge >= 0.3 is 5.69 Å². The van der Waals surface area contributed by atoms with Crippen LogP contribution in [0.2, 0.25) is 0 Å². The molecule has 0 spiro atoms. The van der Waals surface area contributed by atoms with Crippen LogP contribution in [0.25, 0.3) is 11.0 Å². The maximum Gasteiger partial charge on any atom is 0.328 e. The number of nitrogens with one attached hydrogen (secondary N) is 1. The zero-order valence-electron chi connectivity index (χ0n) is 14.8. The highest BCUT2D eigenvalue weighted by Crippen LogP contribution is 2.36. The predicted molar refractivity (Wildman–Crippen MR) is 111 cm³/mol. The molecule has 0 unspecified atom stereocenters. The second-order valence-corrected chi connectivity index (χ2v) is 8.15. The first-order valence-corrected chi connectivity index (χ1v) is 10.0. The number of benzene rings is 2. The van der Waals surface area contributed by atoms with Crippen LogP contribution in [0.15, 0.2) is 74.6 Å². The van der Waals surface area contributed by atoms with Gasteiger partial charge < -0.3 is 5.32 Å². The third-order valence-electron chi connectivity index (χ3n) is 4.34. The maximum absolute atomic E-state index is 12.6. The molecule has 0 aliphatic rings. The highest BCUT2D eigenvalue weighted by Gasteiger charge is 2.16. The molecule has 2 aromatic carbocycles. The first-order valence-electron chi connectivity index (χ1n) is 8.32. The van der Waals surface area contributed by atoms with Crippen LogP contribution in [0.4, 0.5) is 5.69 Å². The number of amides is 1. The van der Waals surface area contributed by atoms with Crippen molar-refractivity contribution in [1.82, 2.24) is 9.13 Å². The summed E-state index contributed by atoms with van der Waals surface area (Å²) in [6.45, 7) is 0.